The molecule has 1 atom stereocenters. The highest BCUT2D eigenvalue weighted by atomic mass is 35.5. The van der Waals surface area contributed by atoms with Crippen molar-refractivity contribution in [2.24, 2.45) is 5.92 Å². The average Bonchev–Trinajstić information content (AvgIpc) is 2.85. The van der Waals surface area contributed by atoms with E-state index in [1.54, 1.807) is 17.0 Å². The number of aryl methyl sites for hydroxylation is 1. The fraction of sp³-hybridized carbons (Fsp3) is 0.310. The lowest BCUT2D eigenvalue weighted by Gasteiger charge is -2.32. The number of hydrogen-bond acceptors (Lipinski definition) is 2. The fourth-order valence-corrected chi connectivity index (χ4v) is 4.21. The standard InChI is InChI=1S/C29H32Cl2N2O2/c1-21(2)19-32-29(35)27(18-22-8-4-3-5-9-22)33(20-23-12-15-25(30)16-13-23)28(34)17-14-24-10-6-7-11-26(24)31/h3-13,15-16,21,27H,14,17-20H2,1-2H3,(H,32,35)/t27-/m0/s1. The van der Waals surface area contributed by atoms with Crippen LogP contribution in [0.4, 0.5) is 0 Å². The summed E-state index contributed by atoms with van der Waals surface area (Å²) in [5, 5.41) is 4.31. The molecule has 0 fully saturated rings. The zero-order valence-electron chi connectivity index (χ0n) is 20.2. The van der Waals surface area contributed by atoms with Gasteiger partial charge in [-0.2, -0.15) is 0 Å². The van der Waals surface area contributed by atoms with Gasteiger partial charge in [0.05, 0.1) is 0 Å². The molecule has 0 aromatic heterocycles. The van der Waals surface area contributed by atoms with Crippen molar-refractivity contribution in [1.29, 1.82) is 0 Å². The minimum atomic E-state index is -0.648. The molecule has 35 heavy (non-hydrogen) atoms. The van der Waals surface area contributed by atoms with Gasteiger partial charge in [0.2, 0.25) is 11.8 Å². The highest BCUT2D eigenvalue weighted by molar-refractivity contribution is 6.31. The summed E-state index contributed by atoms with van der Waals surface area (Å²) in [5.41, 5.74) is 2.82. The molecule has 3 aromatic rings. The molecule has 0 aliphatic rings. The van der Waals surface area contributed by atoms with Gasteiger partial charge in [0.15, 0.2) is 0 Å². The zero-order valence-corrected chi connectivity index (χ0v) is 21.7. The Morgan fingerprint density at radius 2 is 1.51 bits per heavy atom. The number of nitrogens with one attached hydrogen (secondary N) is 1. The normalized spacial score (nSPS) is 11.8. The first-order valence-corrected chi connectivity index (χ1v) is 12.7. The van der Waals surface area contributed by atoms with E-state index in [0.717, 1.165) is 16.7 Å². The number of benzene rings is 3. The Hall–Kier alpha value is -2.82. The van der Waals surface area contributed by atoms with Crippen molar-refractivity contribution in [2.45, 2.75) is 45.7 Å². The van der Waals surface area contributed by atoms with E-state index < -0.39 is 6.04 Å². The summed E-state index contributed by atoms with van der Waals surface area (Å²) < 4.78 is 0. The molecule has 0 saturated heterocycles. The monoisotopic (exact) mass is 510 g/mol. The van der Waals surface area contributed by atoms with Crippen LogP contribution in [-0.2, 0) is 29.0 Å². The first-order chi connectivity index (χ1) is 16.8. The number of hydrogen-bond donors (Lipinski definition) is 1. The van der Waals surface area contributed by atoms with Crippen molar-refractivity contribution in [3.8, 4) is 0 Å². The molecule has 1 N–H and O–H groups in total. The van der Waals surface area contributed by atoms with Crippen LogP contribution in [-0.4, -0.2) is 29.3 Å². The summed E-state index contributed by atoms with van der Waals surface area (Å²) in [6.45, 7) is 4.96. The predicted molar refractivity (Wildman–Crippen MR) is 144 cm³/mol. The number of carbonyl (C=O) groups excluding carboxylic acids is 2. The van der Waals surface area contributed by atoms with Crippen LogP contribution in [0.3, 0.4) is 0 Å². The molecule has 4 nitrogen and oxygen atoms in total. The van der Waals surface area contributed by atoms with Crippen LogP contribution < -0.4 is 5.32 Å². The molecule has 0 spiro atoms. The van der Waals surface area contributed by atoms with Crippen LogP contribution in [0.2, 0.25) is 10.0 Å². The first kappa shape index (κ1) is 26.8. The van der Waals surface area contributed by atoms with Gasteiger partial charge in [0.25, 0.3) is 0 Å². The highest BCUT2D eigenvalue weighted by Gasteiger charge is 2.30. The van der Waals surface area contributed by atoms with Crippen molar-refractivity contribution in [3.63, 3.8) is 0 Å². The quantitative estimate of drug-likeness (QED) is 0.327. The van der Waals surface area contributed by atoms with E-state index in [4.69, 9.17) is 23.2 Å². The van der Waals surface area contributed by atoms with E-state index in [9.17, 15) is 9.59 Å². The third kappa shape index (κ3) is 8.41. The Morgan fingerprint density at radius 3 is 2.17 bits per heavy atom. The van der Waals surface area contributed by atoms with Gasteiger partial charge < -0.3 is 10.2 Å². The average molecular weight is 511 g/mol. The fourth-order valence-electron chi connectivity index (χ4n) is 3.85. The predicted octanol–water partition coefficient (Wildman–Crippen LogP) is 6.34. The van der Waals surface area contributed by atoms with E-state index >= 15 is 0 Å². The van der Waals surface area contributed by atoms with Crippen molar-refractivity contribution in [2.75, 3.05) is 6.54 Å². The first-order valence-electron chi connectivity index (χ1n) is 11.9. The zero-order chi connectivity index (χ0) is 25.2. The SMILES string of the molecule is CC(C)CNC(=O)[C@H](Cc1ccccc1)N(Cc1ccc(Cl)cc1)C(=O)CCc1ccccc1Cl. The number of nitrogens with zero attached hydrogens (tertiary/aromatic N) is 1. The Balaban J connectivity index is 1.90. The summed E-state index contributed by atoms with van der Waals surface area (Å²) in [6, 6.07) is 24.1. The minimum Gasteiger partial charge on any atom is -0.354 e. The molecule has 0 aliphatic heterocycles. The molecule has 0 radical (unpaired) electrons. The maximum Gasteiger partial charge on any atom is 0.243 e. The minimum absolute atomic E-state index is 0.0968. The van der Waals surface area contributed by atoms with E-state index in [-0.39, 0.29) is 18.2 Å². The lowest BCUT2D eigenvalue weighted by Crippen LogP contribution is -2.51. The van der Waals surface area contributed by atoms with Crippen molar-refractivity contribution < 1.29 is 9.59 Å². The van der Waals surface area contributed by atoms with Crippen LogP contribution >= 0.6 is 23.2 Å². The van der Waals surface area contributed by atoms with Gasteiger partial charge in [-0.1, -0.05) is 97.7 Å². The smallest absolute Gasteiger partial charge is 0.243 e. The second kappa shape index (κ2) is 13.3. The van der Waals surface area contributed by atoms with Crippen LogP contribution in [0.25, 0.3) is 0 Å². The summed E-state index contributed by atoms with van der Waals surface area (Å²) in [5.74, 6) is 0.0556. The summed E-state index contributed by atoms with van der Waals surface area (Å²) >= 11 is 12.4. The maximum absolute atomic E-state index is 13.7. The van der Waals surface area contributed by atoms with E-state index in [1.807, 2.05) is 80.6 Å². The van der Waals surface area contributed by atoms with Crippen LogP contribution in [0, 0.1) is 5.92 Å². The second-order valence-electron chi connectivity index (χ2n) is 9.08. The van der Waals surface area contributed by atoms with Gasteiger partial charge in [-0.3, -0.25) is 9.59 Å². The molecule has 3 aromatic carbocycles. The van der Waals surface area contributed by atoms with Crippen LogP contribution in [0.15, 0.2) is 78.9 Å². The maximum atomic E-state index is 13.7. The van der Waals surface area contributed by atoms with Crippen molar-refractivity contribution in [1.82, 2.24) is 10.2 Å². The van der Waals surface area contributed by atoms with Gasteiger partial charge in [-0.25, -0.2) is 0 Å². The van der Waals surface area contributed by atoms with E-state index in [2.05, 4.69) is 5.32 Å². The third-order valence-electron chi connectivity index (χ3n) is 5.79. The van der Waals surface area contributed by atoms with Gasteiger partial charge >= 0.3 is 0 Å². The highest BCUT2D eigenvalue weighted by Crippen LogP contribution is 2.20. The van der Waals surface area contributed by atoms with Gasteiger partial charge in [0.1, 0.15) is 6.04 Å². The summed E-state index contributed by atoms with van der Waals surface area (Å²) in [4.78, 5) is 28.8. The van der Waals surface area contributed by atoms with Crippen molar-refractivity contribution >= 4 is 35.0 Å². The van der Waals surface area contributed by atoms with Crippen LogP contribution in [0.5, 0.6) is 0 Å². The molecule has 0 unspecified atom stereocenters. The molecule has 6 heteroatoms. The second-order valence-corrected chi connectivity index (χ2v) is 9.93. The topological polar surface area (TPSA) is 49.4 Å². The Kier molecular flexibility index (Phi) is 10.2. The number of rotatable bonds is 11. The van der Waals surface area contributed by atoms with Crippen molar-refractivity contribution in [3.05, 3.63) is 106 Å². The third-order valence-corrected chi connectivity index (χ3v) is 6.41. The summed E-state index contributed by atoms with van der Waals surface area (Å²) in [7, 11) is 0. The molecule has 3 rings (SSSR count). The lowest BCUT2D eigenvalue weighted by molar-refractivity contribution is -0.141. The molecule has 0 aliphatic carbocycles. The number of carbonyl (C=O) groups is 2. The Bertz CT molecular complexity index is 1100. The number of amides is 2. The lowest BCUT2D eigenvalue weighted by atomic mass is 10.0. The molecule has 2 amide bonds. The largest absolute Gasteiger partial charge is 0.354 e. The van der Waals surface area contributed by atoms with Crippen LogP contribution in [0.1, 0.15) is 37.0 Å². The molecular formula is C29H32Cl2N2O2. The summed E-state index contributed by atoms with van der Waals surface area (Å²) in [6.07, 6.45) is 1.18. The number of halogens is 2. The van der Waals surface area contributed by atoms with E-state index in [0.29, 0.717) is 41.9 Å². The molecule has 184 valence electrons. The van der Waals surface area contributed by atoms with E-state index in [1.165, 1.54) is 0 Å². The molecule has 0 bridgehead atoms. The van der Waals surface area contributed by atoms with Gasteiger partial charge in [-0.15, -0.1) is 0 Å². The molecule has 0 saturated carbocycles. The molecular weight excluding hydrogens is 479 g/mol. The van der Waals surface area contributed by atoms with Gasteiger partial charge in [0, 0.05) is 36.0 Å². The van der Waals surface area contributed by atoms with Gasteiger partial charge in [-0.05, 0) is 47.2 Å². The molecule has 0 heterocycles. The Labute approximate surface area is 218 Å². The Morgan fingerprint density at radius 1 is 0.857 bits per heavy atom.